The van der Waals surface area contributed by atoms with Crippen molar-refractivity contribution in [2.75, 3.05) is 0 Å². The van der Waals surface area contributed by atoms with Gasteiger partial charge in [0, 0.05) is 17.4 Å². The molecule has 2 aromatic heterocycles. The van der Waals surface area contributed by atoms with Crippen molar-refractivity contribution >= 4 is 28.5 Å². The third-order valence-electron chi connectivity index (χ3n) is 3.31. The third-order valence-corrected chi connectivity index (χ3v) is 5.86. The van der Waals surface area contributed by atoms with Crippen molar-refractivity contribution in [2.24, 2.45) is 0 Å². The molecule has 3 aromatic rings. The van der Waals surface area contributed by atoms with Gasteiger partial charge in [0.15, 0.2) is 5.78 Å². The molecular weight excluding hydrogens is 371 g/mol. The molecule has 0 aliphatic carbocycles. The predicted molar refractivity (Wildman–Crippen MR) is 92.3 cm³/mol. The number of thiophene rings is 1. The topological polar surface area (TPSA) is 39.2 Å². The number of Topliss-reactive ketones (excluding diaryl/α,β-unsaturated/α-hetero) is 1. The highest BCUT2D eigenvalue weighted by atomic mass is 32.1. The molecule has 3 rings (SSSR count). The standard InChI is InChI=1S/C17H12F3NO2S2/c1-9-15(10(2)22)25-16(21-9)14-8-7-13(24-14)11-5-3-4-6-12(11)23-17(18,19)20/h3-8H,1-2H3. The number of thiazole rings is 1. The molecule has 0 aliphatic rings. The van der Waals surface area contributed by atoms with Gasteiger partial charge in [0.2, 0.25) is 0 Å². The highest BCUT2D eigenvalue weighted by Gasteiger charge is 2.32. The maximum absolute atomic E-state index is 12.6. The zero-order valence-electron chi connectivity index (χ0n) is 13.2. The van der Waals surface area contributed by atoms with Gasteiger partial charge >= 0.3 is 6.36 Å². The number of nitrogens with zero attached hydrogens (tertiary/aromatic N) is 1. The van der Waals surface area contributed by atoms with Gasteiger partial charge in [-0.2, -0.15) is 0 Å². The van der Waals surface area contributed by atoms with Gasteiger partial charge in [-0.3, -0.25) is 4.79 Å². The van der Waals surface area contributed by atoms with Crippen molar-refractivity contribution in [3.05, 3.63) is 47.0 Å². The Morgan fingerprint density at radius 1 is 1.08 bits per heavy atom. The fourth-order valence-corrected chi connectivity index (χ4v) is 4.36. The zero-order valence-corrected chi connectivity index (χ0v) is 14.8. The molecule has 0 radical (unpaired) electrons. The monoisotopic (exact) mass is 383 g/mol. The van der Waals surface area contributed by atoms with Crippen molar-refractivity contribution in [1.29, 1.82) is 0 Å². The summed E-state index contributed by atoms with van der Waals surface area (Å²) in [6, 6.07) is 9.51. The molecule has 1 aromatic carbocycles. The van der Waals surface area contributed by atoms with E-state index in [4.69, 9.17) is 0 Å². The molecule has 0 N–H and O–H groups in total. The molecule has 0 saturated carbocycles. The third kappa shape index (κ3) is 3.91. The Labute approximate surface area is 149 Å². The van der Waals surface area contributed by atoms with E-state index >= 15 is 0 Å². The second kappa shape index (κ2) is 6.61. The summed E-state index contributed by atoms with van der Waals surface area (Å²) in [7, 11) is 0. The van der Waals surface area contributed by atoms with Gasteiger partial charge in [0.25, 0.3) is 0 Å². The summed E-state index contributed by atoms with van der Waals surface area (Å²) in [5.41, 5.74) is 1.01. The Balaban J connectivity index is 1.97. The Morgan fingerprint density at radius 2 is 1.76 bits per heavy atom. The molecular formula is C17H12F3NO2S2. The summed E-state index contributed by atoms with van der Waals surface area (Å²) in [5.74, 6) is -0.301. The van der Waals surface area contributed by atoms with Crippen LogP contribution in [0.1, 0.15) is 22.3 Å². The number of aromatic nitrogens is 1. The minimum Gasteiger partial charge on any atom is -0.405 e. The first-order valence-corrected chi connectivity index (χ1v) is 8.81. The molecule has 0 fully saturated rings. The van der Waals surface area contributed by atoms with Crippen LogP contribution in [0.2, 0.25) is 0 Å². The van der Waals surface area contributed by atoms with Gasteiger partial charge in [-0.1, -0.05) is 12.1 Å². The molecule has 130 valence electrons. The average Bonchev–Trinajstić information content (AvgIpc) is 3.12. The van der Waals surface area contributed by atoms with Crippen LogP contribution in [-0.4, -0.2) is 17.1 Å². The van der Waals surface area contributed by atoms with Gasteiger partial charge in [0.1, 0.15) is 10.8 Å². The van der Waals surface area contributed by atoms with Crippen molar-refractivity contribution < 1.29 is 22.7 Å². The van der Waals surface area contributed by atoms with Crippen molar-refractivity contribution in [3.63, 3.8) is 0 Å². The van der Waals surface area contributed by atoms with E-state index in [0.29, 0.717) is 26.0 Å². The van der Waals surface area contributed by atoms with Crippen LogP contribution in [0.5, 0.6) is 5.75 Å². The number of para-hydroxylation sites is 1. The first-order valence-electron chi connectivity index (χ1n) is 7.18. The van der Waals surface area contributed by atoms with Crippen LogP contribution in [0.15, 0.2) is 36.4 Å². The van der Waals surface area contributed by atoms with Crippen LogP contribution in [0, 0.1) is 6.92 Å². The number of halogens is 3. The lowest BCUT2D eigenvalue weighted by Gasteiger charge is -2.12. The fraction of sp³-hybridized carbons (Fsp3) is 0.176. The zero-order chi connectivity index (χ0) is 18.2. The number of ether oxygens (including phenoxy) is 1. The Bertz CT molecular complexity index is 928. The fourth-order valence-electron chi connectivity index (χ4n) is 2.31. The Kier molecular flexibility index (Phi) is 4.66. The highest BCUT2D eigenvalue weighted by Crippen LogP contribution is 2.41. The Morgan fingerprint density at radius 3 is 2.40 bits per heavy atom. The largest absolute Gasteiger partial charge is 0.573 e. The van der Waals surface area contributed by atoms with Crippen molar-refractivity contribution in [3.8, 4) is 26.1 Å². The summed E-state index contributed by atoms with van der Waals surface area (Å²) >= 11 is 2.58. The number of aryl methyl sites for hydroxylation is 1. The predicted octanol–water partition coefficient (Wildman–Crippen LogP) is 5.95. The second-order valence-corrected chi connectivity index (χ2v) is 7.28. The molecule has 8 heteroatoms. The van der Waals surface area contributed by atoms with E-state index in [1.165, 1.54) is 41.7 Å². The van der Waals surface area contributed by atoms with Crippen LogP contribution in [0.25, 0.3) is 20.3 Å². The van der Waals surface area contributed by atoms with Crippen molar-refractivity contribution in [2.45, 2.75) is 20.2 Å². The van der Waals surface area contributed by atoms with Gasteiger partial charge in [-0.05, 0) is 31.2 Å². The maximum Gasteiger partial charge on any atom is 0.573 e. The molecule has 2 heterocycles. The number of ketones is 1. The lowest BCUT2D eigenvalue weighted by Crippen LogP contribution is -2.17. The van der Waals surface area contributed by atoms with Gasteiger partial charge < -0.3 is 4.74 Å². The molecule has 0 saturated heterocycles. The first-order chi connectivity index (χ1) is 11.7. The van der Waals surface area contributed by atoms with E-state index in [1.54, 1.807) is 31.2 Å². The number of rotatable bonds is 4. The van der Waals surface area contributed by atoms with Crippen LogP contribution in [-0.2, 0) is 0 Å². The molecule has 0 spiro atoms. The maximum atomic E-state index is 12.6. The lowest BCUT2D eigenvalue weighted by molar-refractivity contribution is -0.274. The number of carbonyl (C=O) groups excluding carboxylic acids is 1. The number of benzene rings is 1. The number of hydrogen-bond donors (Lipinski definition) is 0. The first kappa shape index (κ1) is 17.6. The molecule has 0 aliphatic heterocycles. The second-order valence-electron chi connectivity index (χ2n) is 5.20. The Hall–Kier alpha value is -2.19. The van der Waals surface area contributed by atoms with Gasteiger partial charge in [-0.25, -0.2) is 4.98 Å². The quantitative estimate of drug-likeness (QED) is 0.523. The van der Waals surface area contributed by atoms with Crippen LogP contribution in [0.4, 0.5) is 13.2 Å². The molecule has 0 bridgehead atoms. The minimum atomic E-state index is -4.75. The summed E-state index contributed by atoms with van der Waals surface area (Å²) < 4.78 is 41.8. The van der Waals surface area contributed by atoms with Crippen molar-refractivity contribution in [1.82, 2.24) is 4.98 Å². The molecule has 0 amide bonds. The summed E-state index contributed by atoms with van der Waals surface area (Å²) in [5, 5.41) is 0.674. The minimum absolute atomic E-state index is 0.0537. The lowest BCUT2D eigenvalue weighted by atomic mass is 10.1. The van der Waals surface area contributed by atoms with E-state index in [2.05, 4.69) is 9.72 Å². The van der Waals surface area contributed by atoms with Crippen LogP contribution < -0.4 is 4.74 Å². The van der Waals surface area contributed by atoms with Gasteiger partial charge in [-0.15, -0.1) is 35.8 Å². The number of alkyl halides is 3. The molecule has 0 atom stereocenters. The molecule has 25 heavy (non-hydrogen) atoms. The van der Waals surface area contributed by atoms with Gasteiger partial charge in [0.05, 0.1) is 15.4 Å². The summed E-state index contributed by atoms with van der Waals surface area (Å²) in [6.45, 7) is 3.24. The normalized spacial score (nSPS) is 11.6. The molecule has 3 nitrogen and oxygen atoms in total. The van der Waals surface area contributed by atoms with E-state index in [9.17, 15) is 18.0 Å². The average molecular weight is 383 g/mol. The SMILES string of the molecule is CC(=O)c1sc(-c2ccc(-c3ccccc3OC(F)(F)F)s2)nc1C. The smallest absolute Gasteiger partial charge is 0.405 e. The molecule has 0 unspecified atom stereocenters. The van der Waals surface area contributed by atoms with Crippen LogP contribution >= 0.6 is 22.7 Å². The summed E-state index contributed by atoms with van der Waals surface area (Å²) in [6.07, 6.45) is -4.75. The van der Waals surface area contributed by atoms with E-state index < -0.39 is 6.36 Å². The van der Waals surface area contributed by atoms with E-state index in [1.807, 2.05) is 0 Å². The van der Waals surface area contributed by atoms with E-state index in [0.717, 1.165) is 4.88 Å². The number of carbonyl (C=O) groups is 1. The van der Waals surface area contributed by atoms with Crippen LogP contribution in [0.3, 0.4) is 0 Å². The highest BCUT2D eigenvalue weighted by molar-refractivity contribution is 7.24. The number of hydrogen-bond acceptors (Lipinski definition) is 5. The summed E-state index contributed by atoms with van der Waals surface area (Å²) in [4.78, 5) is 18.0. The van der Waals surface area contributed by atoms with E-state index in [-0.39, 0.29) is 11.5 Å².